The molecule has 0 aromatic carbocycles. The first-order chi connectivity index (χ1) is 25.3. The summed E-state index contributed by atoms with van der Waals surface area (Å²) in [5.41, 5.74) is -5.94. The van der Waals surface area contributed by atoms with Crippen molar-refractivity contribution in [1.82, 2.24) is 15.1 Å². The molecule has 0 radical (unpaired) electrons. The minimum Gasteiger partial charge on any atom is -0.459 e. The lowest BCUT2D eigenvalue weighted by atomic mass is 9.75. The first kappa shape index (κ1) is 48.3. The number of cyclic esters (lactones) is 1. The zero-order chi connectivity index (χ0) is 42.0. The van der Waals surface area contributed by atoms with Gasteiger partial charge < -0.3 is 69.1 Å². The highest BCUT2D eigenvalue weighted by atomic mass is 16.7. The number of nitrogens with zero attached hydrogens (tertiary/aromatic N) is 2. The molecule has 3 heterocycles. The molecule has 55 heavy (non-hydrogen) atoms. The van der Waals surface area contributed by atoms with Crippen molar-refractivity contribution in [2.75, 3.05) is 48.4 Å². The molecule has 18 atom stereocenters. The second-order valence-corrected chi connectivity index (χ2v) is 18.3. The standard InChI is InChI=1S/C40H77N3O12/c1-16-29-39(10,48)33(45)26(6)41-20-22(2)18-37(8,47)34(55-36-31(44)28(43(13)14)17-23(3)51-36)24(4)32(25(5)35(46)53-29)54-30-19-38(9,50-15)40(49,21-42(11)12)27(7)52-30/h22-34,36,41,44-45,47-49H,16-21H2,1-15H3/t22-,23-,24+,25-,26+,27+,28+,29+,30+,31-,32+,33-,34-,36+,37+,38-,39-,40-/m1/s1. The van der Waals surface area contributed by atoms with Crippen LogP contribution in [0.3, 0.4) is 0 Å². The number of likely N-dealkylation sites (N-methyl/N-ethyl adjacent to an activating group) is 2. The van der Waals surface area contributed by atoms with Crippen LogP contribution in [0.25, 0.3) is 0 Å². The van der Waals surface area contributed by atoms with Crippen molar-refractivity contribution in [2.45, 2.75) is 185 Å². The second-order valence-electron chi connectivity index (χ2n) is 18.3. The molecule has 0 aromatic rings. The Morgan fingerprint density at radius 2 is 1.55 bits per heavy atom. The summed E-state index contributed by atoms with van der Waals surface area (Å²) in [7, 11) is 9.01. The highest BCUT2D eigenvalue weighted by Gasteiger charge is 2.58. The maximum absolute atomic E-state index is 14.3. The van der Waals surface area contributed by atoms with Crippen LogP contribution in [0.1, 0.15) is 94.9 Å². The Balaban J connectivity index is 2.18. The molecule has 0 unspecified atom stereocenters. The maximum atomic E-state index is 14.3. The van der Waals surface area contributed by atoms with Crippen LogP contribution in [0.5, 0.6) is 0 Å². The van der Waals surface area contributed by atoms with E-state index < -0.39 is 95.5 Å². The Hall–Kier alpha value is -1.05. The minimum atomic E-state index is -1.81. The van der Waals surface area contributed by atoms with E-state index in [-0.39, 0.29) is 43.9 Å². The third-order valence-corrected chi connectivity index (χ3v) is 12.8. The van der Waals surface area contributed by atoms with Crippen molar-refractivity contribution in [3.8, 4) is 0 Å². The van der Waals surface area contributed by atoms with E-state index in [1.165, 1.54) is 14.0 Å². The Morgan fingerprint density at radius 1 is 0.927 bits per heavy atom. The number of aliphatic hydroxyl groups is 5. The molecule has 15 nitrogen and oxygen atoms in total. The van der Waals surface area contributed by atoms with Crippen LogP contribution >= 0.6 is 0 Å². The zero-order valence-corrected chi connectivity index (χ0v) is 36.3. The van der Waals surface area contributed by atoms with Crippen LogP contribution in [0.4, 0.5) is 0 Å². The fourth-order valence-electron chi connectivity index (χ4n) is 9.20. The molecule has 3 aliphatic heterocycles. The zero-order valence-electron chi connectivity index (χ0n) is 36.3. The van der Waals surface area contributed by atoms with Gasteiger partial charge in [-0.15, -0.1) is 0 Å². The topological polar surface area (TPSA) is 192 Å². The SMILES string of the molecule is CC[C@@H]1OC(=O)[C@H](C)[C@@H](O[C@H]2C[C@@](C)(OC)[C@@](O)(CN(C)C)[C@H](C)O2)[C@H](C)[C@@H](O[C@@H]2O[C@H](C)C[C@H](N(C)C)[C@H]2O)[C@@](C)(O)C[C@@H](C)CN[C@@H](C)[C@@H](O)[C@]1(C)O. The molecular formula is C40H77N3O12. The summed E-state index contributed by atoms with van der Waals surface area (Å²) in [6, 6.07) is -0.876. The van der Waals surface area contributed by atoms with E-state index in [2.05, 4.69) is 5.32 Å². The number of esters is 1. The van der Waals surface area contributed by atoms with Crippen molar-refractivity contribution in [3.05, 3.63) is 0 Å². The number of ether oxygens (including phenoxy) is 6. The fourth-order valence-corrected chi connectivity index (χ4v) is 9.20. The molecule has 0 spiro atoms. The summed E-state index contributed by atoms with van der Waals surface area (Å²) < 4.78 is 38.2. The molecule has 0 amide bonds. The molecule has 0 saturated carbocycles. The van der Waals surface area contributed by atoms with E-state index in [1.54, 1.807) is 41.5 Å². The lowest BCUT2D eigenvalue weighted by Crippen LogP contribution is -2.69. The lowest BCUT2D eigenvalue weighted by molar-refractivity contribution is -0.338. The highest BCUT2D eigenvalue weighted by molar-refractivity contribution is 5.73. The number of carbonyl (C=O) groups excluding carboxylic acids is 1. The number of rotatable bonds is 9. The molecule has 0 bridgehead atoms. The number of methoxy groups -OCH3 is 1. The summed E-state index contributed by atoms with van der Waals surface area (Å²) in [5, 5.41) is 62.4. The lowest BCUT2D eigenvalue weighted by Gasteiger charge is -2.54. The van der Waals surface area contributed by atoms with Crippen molar-refractivity contribution in [2.24, 2.45) is 17.8 Å². The van der Waals surface area contributed by atoms with Gasteiger partial charge in [0.2, 0.25) is 0 Å². The molecular weight excluding hydrogens is 714 g/mol. The van der Waals surface area contributed by atoms with Crippen LogP contribution in [-0.4, -0.2) is 179 Å². The Bertz CT molecular complexity index is 1230. The van der Waals surface area contributed by atoms with Gasteiger partial charge >= 0.3 is 5.97 Å². The van der Waals surface area contributed by atoms with E-state index >= 15 is 0 Å². The van der Waals surface area contributed by atoms with Gasteiger partial charge in [0.15, 0.2) is 12.6 Å². The van der Waals surface area contributed by atoms with Gasteiger partial charge in [-0.2, -0.15) is 0 Å². The summed E-state index contributed by atoms with van der Waals surface area (Å²) in [6.07, 6.45) is -7.58. The van der Waals surface area contributed by atoms with Crippen LogP contribution in [-0.2, 0) is 33.2 Å². The molecule has 6 N–H and O–H groups in total. The predicted molar refractivity (Wildman–Crippen MR) is 207 cm³/mol. The number of hydrogen-bond donors (Lipinski definition) is 6. The van der Waals surface area contributed by atoms with Crippen molar-refractivity contribution >= 4 is 5.97 Å². The van der Waals surface area contributed by atoms with Gasteiger partial charge in [0.25, 0.3) is 0 Å². The molecule has 324 valence electrons. The van der Waals surface area contributed by atoms with Gasteiger partial charge in [-0.1, -0.05) is 20.8 Å². The Kier molecular flexibility index (Phi) is 16.6. The molecule has 3 fully saturated rings. The summed E-state index contributed by atoms with van der Waals surface area (Å²) in [5.74, 6) is -2.66. The Morgan fingerprint density at radius 3 is 2.09 bits per heavy atom. The second kappa shape index (κ2) is 18.9. The molecule has 3 aliphatic rings. The molecule has 15 heteroatoms. The summed E-state index contributed by atoms with van der Waals surface area (Å²) in [4.78, 5) is 18.1. The normalized spacial score (nSPS) is 48.7. The highest BCUT2D eigenvalue weighted by Crippen LogP contribution is 2.43. The van der Waals surface area contributed by atoms with Crippen molar-refractivity contribution < 1.29 is 58.7 Å². The van der Waals surface area contributed by atoms with Gasteiger partial charge in [-0.05, 0) is 108 Å². The van der Waals surface area contributed by atoms with E-state index in [0.717, 1.165) is 0 Å². The predicted octanol–water partition coefficient (Wildman–Crippen LogP) is 1.49. The smallest absolute Gasteiger partial charge is 0.311 e. The third kappa shape index (κ3) is 10.8. The molecule has 3 saturated heterocycles. The molecule has 3 rings (SSSR count). The van der Waals surface area contributed by atoms with Gasteiger partial charge in [0.1, 0.15) is 35.1 Å². The van der Waals surface area contributed by atoms with Crippen molar-refractivity contribution in [1.29, 1.82) is 0 Å². The van der Waals surface area contributed by atoms with Gasteiger partial charge in [0, 0.05) is 38.1 Å². The van der Waals surface area contributed by atoms with E-state index in [0.29, 0.717) is 13.0 Å². The third-order valence-electron chi connectivity index (χ3n) is 12.8. The number of aliphatic hydroxyl groups excluding tert-OH is 2. The minimum absolute atomic E-state index is 0.0939. The number of hydrogen-bond acceptors (Lipinski definition) is 15. The number of carbonyl (C=O) groups is 1. The van der Waals surface area contributed by atoms with Crippen molar-refractivity contribution in [3.63, 3.8) is 0 Å². The summed E-state index contributed by atoms with van der Waals surface area (Å²) >= 11 is 0. The fraction of sp³-hybridized carbons (Fsp3) is 0.975. The average molecular weight is 792 g/mol. The number of nitrogens with one attached hydrogen (secondary N) is 1. The first-order valence-electron chi connectivity index (χ1n) is 20.2. The van der Waals surface area contributed by atoms with Gasteiger partial charge in [-0.3, -0.25) is 4.79 Å². The van der Waals surface area contributed by atoms with E-state index in [4.69, 9.17) is 28.4 Å². The average Bonchev–Trinajstić information content (AvgIpc) is 3.08. The first-order valence-corrected chi connectivity index (χ1v) is 20.2. The largest absolute Gasteiger partial charge is 0.459 e. The van der Waals surface area contributed by atoms with Gasteiger partial charge in [-0.25, -0.2) is 0 Å². The van der Waals surface area contributed by atoms with Gasteiger partial charge in [0.05, 0.1) is 35.9 Å². The monoisotopic (exact) mass is 792 g/mol. The Labute approximate surface area is 330 Å². The van der Waals surface area contributed by atoms with Crippen LogP contribution in [0, 0.1) is 17.8 Å². The van der Waals surface area contributed by atoms with E-state index in [9.17, 15) is 30.3 Å². The van der Waals surface area contributed by atoms with Crippen LogP contribution < -0.4 is 5.32 Å². The molecule has 0 aliphatic carbocycles. The summed E-state index contributed by atoms with van der Waals surface area (Å²) in [6.45, 7) is 18.2. The van der Waals surface area contributed by atoms with Crippen LogP contribution in [0.2, 0.25) is 0 Å². The maximum Gasteiger partial charge on any atom is 0.311 e. The van der Waals surface area contributed by atoms with E-state index in [1.807, 2.05) is 58.8 Å². The molecule has 0 aromatic heterocycles. The van der Waals surface area contributed by atoms with Crippen LogP contribution in [0.15, 0.2) is 0 Å². The quantitative estimate of drug-likeness (QED) is 0.184.